The minimum Gasteiger partial charge on any atom is -0.496 e. The van der Waals surface area contributed by atoms with Crippen molar-refractivity contribution >= 4 is 40.4 Å². The van der Waals surface area contributed by atoms with Crippen LogP contribution in [0.1, 0.15) is 18.1 Å². The van der Waals surface area contributed by atoms with Gasteiger partial charge in [-0.1, -0.05) is 12.1 Å². The van der Waals surface area contributed by atoms with E-state index in [9.17, 15) is 14.9 Å². The SMILES string of the molecule is COc1ccc(/C(C)=N\NC(=S)Nc2ccccc2[N+](=O)[O-])cc1CC(=O)O. The van der Waals surface area contributed by atoms with E-state index in [1.54, 1.807) is 37.3 Å². The molecule has 0 spiro atoms. The van der Waals surface area contributed by atoms with Gasteiger partial charge in [-0.05, 0) is 49.0 Å². The number of hydrogen-bond donors (Lipinski definition) is 3. The van der Waals surface area contributed by atoms with Crippen LogP contribution in [0.2, 0.25) is 0 Å². The van der Waals surface area contributed by atoms with E-state index >= 15 is 0 Å². The van der Waals surface area contributed by atoms with E-state index < -0.39 is 10.9 Å². The summed E-state index contributed by atoms with van der Waals surface area (Å²) in [4.78, 5) is 21.5. The third kappa shape index (κ3) is 5.48. The molecule has 28 heavy (non-hydrogen) atoms. The summed E-state index contributed by atoms with van der Waals surface area (Å²) < 4.78 is 5.17. The van der Waals surface area contributed by atoms with Crippen molar-refractivity contribution in [3.8, 4) is 5.75 Å². The van der Waals surface area contributed by atoms with E-state index in [2.05, 4.69) is 15.8 Å². The number of carboxylic acids is 1. The number of carboxylic acid groups (broad SMARTS) is 1. The number of nitro benzene ring substituents is 1. The van der Waals surface area contributed by atoms with E-state index in [-0.39, 0.29) is 22.9 Å². The Hall–Kier alpha value is -3.53. The molecular weight excluding hydrogens is 384 g/mol. The fraction of sp³-hybridized carbons (Fsp3) is 0.167. The molecule has 3 N–H and O–H groups in total. The number of nitrogens with zero attached hydrogens (tertiary/aromatic N) is 2. The van der Waals surface area contributed by atoms with E-state index in [4.69, 9.17) is 22.1 Å². The Morgan fingerprint density at radius 3 is 2.68 bits per heavy atom. The van der Waals surface area contributed by atoms with Crippen LogP contribution < -0.4 is 15.5 Å². The maximum Gasteiger partial charge on any atom is 0.307 e. The molecule has 0 aliphatic carbocycles. The molecule has 0 heterocycles. The van der Waals surface area contributed by atoms with E-state index in [1.165, 1.54) is 19.2 Å². The number of para-hydroxylation sites is 2. The summed E-state index contributed by atoms with van der Waals surface area (Å²) in [6.07, 6.45) is -0.185. The van der Waals surface area contributed by atoms with Gasteiger partial charge in [-0.25, -0.2) is 0 Å². The number of ether oxygens (including phenoxy) is 1. The molecule has 0 saturated heterocycles. The van der Waals surface area contributed by atoms with Crippen LogP contribution in [-0.2, 0) is 11.2 Å². The molecule has 2 rings (SSSR count). The number of nitrogens with one attached hydrogen (secondary N) is 2. The van der Waals surface area contributed by atoms with Crippen molar-refractivity contribution in [3.05, 3.63) is 63.7 Å². The number of anilines is 1. The highest BCUT2D eigenvalue weighted by molar-refractivity contribution is 7.80. The van der Waals surface area contributed by atoms with Gasteiger partial charge in [0.15, 0.2) is 5.11 Å². The van der Waals surface area contributed by atoms with Crippen LogP contribution in [-0.4, -0.2) is 33.9 Å². The second-order valence-corrected chi connectivity index (χ2v) is 6.04. The van der Waals surface area contributed by atoms with Crippen molar-refractivity contribution in [2.75, 3.05) is 12.4 Å². The number of hydrazone groups is 1. The Bertz CT molecular complexity index is 945. The molecule has 0 atom stereocenters. The number of aliphatic carboxylic acids is 1. The molecule has 9 nitrogen and oxygen atoms in total. The normalized spacial score (nSPS) is 10.9. The topological polar surface area (TPSA) is 126 Å². The summed E-state index contributed by atoms with van der Waals surface area (Å²) in [5, 5.41) is 27.0. The first-order chi connectivity index (χ1) is 13.3. The van der Waals surface area contributed by atoms with Crippen molar-refractivity contribution in [2.45, 2.75) is 13.3 Å². The van der Waals surface area contributed by atoms with Gasteiger partial charge >= 0.3 is 5.97 Å². The summed E-state index contributed by atoms with van der Waals surface area (Å²) in [6, 6.07) is 11.2. The van der Waals surface area contributed by atoms with E-state index in [1.807, 2.05) is 0 Å². The zero-order valence-electron chi connectivity index (χ0n) is 15.1. The van der Waals surface area contributed by atoms with E-state index in [0.29, 0.717) is 22.6 Å². The van der Waals surface area contributed by atoms with Gasteiger partial charge in [0.2, 0.25) is 0 Å². The van der Waals surface area contributed by atoms with Gasteiger partial charge < -0.3 is 15.2 Å². The van der Waals surface area contributed by atoms with E-state index in [0.717, 1.165) is 0 Å². The van der Waals surface area contributed by atoms with Crippen LogP contribution in [0.5, 0.6) is 5.75 Å². The molecule has 0 amide bonds. The maximum absolute atomic E-state index is 11.0. The van der Waals surface area contributed by atoms with Crippen LogP contribution in [0, 0.1) is 10.1 Å². The zero-order valence-corrected chi connectivity index (χ0v) is 15.9. The van der Waals surface area contributed by atoms with Crippen LogP contribution in [0.3, 0.4) is 0 Å². The number of nitro groups is 1. The standard InChI is InChI=1S/C18H18N4O5S/c1-11(12-7-8-16(27-2)13(9-12)10-17(23)24)20-21-18(28)19-14-5-3-4-6-15(14)22(25)26/h3-9H,10H2,1-2H3,(H,23,24)(H2,19,21,28)/b20-11-. The molecular formula is C18H18N4O5S. The fourth-order valence-electron chi connectivity index (χ4n) is 2.39. The number of thiocarbonyl (C=S) groups is 1. The molecule has 0 radical (unpaired) electrons. The van der Waals surface area contributed by atoms with Crippen LogP contribution in [0.25, 0.3) is 0 Å². The first kappa shape index (κ1) is 20.8. The number of methoxy groups -OCH3 is 1. The van der Waals surface area contributed by atoms with Crippen molar-refractivity contribution in [1.82, 2.24) is 5.43 Å². The molecule has 0 aromatic heterocycles. The summed E-state index contributed by atoms with van der Waals surface area (Å²) in [6.45, 7) is 1.72. The third-order valence-electron chi connectivity index (χ3n) is 3.71. The highest BCUT2D eigenvalue weighted by atomic mass is 32.1. The lowest BCUT2D eigenvalue weighted by Gasteiger charge is -2.10. The molecule has 0 aliphatic rings. The molecule has 2 aromatic carbocycles. The van der Waals surface area contributed by atoms with Gasteiger partial charge in [-0.15, -0.1) is 0 Å². The Balaban J connectivity index is 2.13. The van der Waals surface area contributed by atoms with Gasteiger partial charge in [0.25, 0.3) is 5.69 Å². The third-order valence-corrected chi connectivity index (χ3v) is 3.91. The lowest BCUT2D eigenvalue weighted by atomic mass is 10.0. The fourth-order valence-corrected chi connectivity index (χ4v) is 2.55. The first-order valence-corrected chi connectivity index (χ1v) is 8.46. The lowest BCUT2D eigenvalue weighted by molar-refractivity contribution is -0.383. The number of carbonyl (C=O) groups is 1. The second kappa shape index (κ2) is 9.42. The average molecular weight is 402 g/mol. The highest BCUT2D eigenvalue weighted by Gasteiger charge is 2.13. The van der Waals surface area contributed by atoms with Crippen LogP contribution in [0.4, 0.5) is 11.4 Å². The summed E-state index contributed by atoms with van der Waals surface area (Å²) in [5.74, 6) is -0.501. The summed E-state index contributed by atoms with van der Waals surface area (Å²) in [5.41, 5.74) is 4.49. The van der Waals surface area contributed by atoms with Crippen LogP contribution >= 0.6 is 12.2 Å². The van der Waals surface area contributed by atoms with Gasteiger partial charge in [-0.2, -0.15) is 5.10 Å². The van der Waals surface area contributed by atoms with Gasteiger partial charge in [0.1, 0.15) is 11.4 Å². The minimum absolute atomic E-state index is 0.0768. The largest absolute Gasteiger partial charge is 0.496 e. The van der Waals surface area contributed by atoms with Crippen molar-refractivity contribution < 1.29 is 19.6 Å². The molecule has 10 heteroatoms. The second-order valence-electron chi connectivity index (χ2n) is 5.63. The predicted molar refractivity (Wildman–Crippen MR) is 109 cm³/mol. The van der Waals surface area contributed by atoms with Gasteiger partial charge in [-0.3, -0.25) is 20.3 Å². The lowest BCUT2D eigenvalue weighted by Crippen LogP contribution is -2.25. The molecule has 0 saturated carbocycles. The first-order valence-electron chi connectivity index (χ1n) is 8.05. The summed E-state index contributed by atoms with van der Waals surface area (Å²) in [7, 11) is 1.47. The van der Waals surface area contributed by atoms with Crippen molar-refractivity contribution in [1.29, 1.82) is 0 Å². The Labute approximate surface area is 166 Å². The Kier molecular flexibility index (Phi) is 6.99. The highest BCUT2D eigenvalue weighted by Crippen LogP contribution is 2.23. The molecule has 0 fully saturated rings. The smallest absolute Gasteiger partial charge is 0.307 e. The minimum atomic E-state index is -0.974. The average Bonchev–Trinajstić information content (AvgIpc) is 2.65. The monoisotopic (exact) mass is 402 g/mol. The molecule has 0 aliphatic heterocycles. The number of benzene rings is 2. The molecule has 146 valence electrons. The predicted octanol–water partition coefficient (Wildman–Crippen LogP) is 2.94. The van der Waals surface area contributed by atoms with Crippen LogP contribution in [0.15, 0.2) is 47.6 Å². The van der Waals surface area contributed by atoms with Gasteiger partial charge in [0.05, 0.1) is 24.2 Å². The number of rotatable bonds is 7. The molecule has 0 bridgehead atoms. The molecule has 0 unspecified atom stereocenters. The zero-order chi connectivity index (χ0) is 20.7. The van der Waals surface area contributed by atoms with Gasteiger partial charge in [0, 0.05) is 11.6 Å². The molecule has 2 aromatic rings. The Morgan fingerprint density at radius 1 is 1.32 bits per heavy atom. The van der Waals surface area contributed by atoms with Crippen molar-refractivity contribution in [2.24, 2.45) is 5.10 Å². The summed E-state index contributed by atoms with van der Waals surface area (Å²) >= 11 is 5.12. The van der Waals surface area contributed by atoms with Crippen molar-refractivity contribution in [3.63, 3.8) is 0 Å². The Morgan fingerprint density at radius 2 is 2.04 bits per heavy atom. The maximum atomic E-state index is 11.0. The number of hydrogen-bond acceptors (Lipinski definition) is 6. The quantitative estimate of drug-likeness (QED) is 0.279.